The third-order valence-corrected chi connectivity index (χ3v) is 5.01. The molecule has 156 valence electrons. The summed E-state index contributed by atoms with van der Waals surface area (Å²) in [4.78, 5) is 14.0. The Morgan fingerprint density at radius 2 is 1.83 bits per heavy atom. The number of nitrogens with zero attached hydrogens (tertiary/aromatic N) is 1. The lowest BCUT2D eigenvalue weighted by Crippen LogP contribution is -2.43. The number of benzene rings is 2. The van der Waals surface area contributed by atoms with Gasteiger partial charge in [0.05, 0.1) is 17.3 Å². The Hall–Kier alpha value is -2.09. The molecule has 2 aromatic rings. The van der Waals surface area contributed by atoms with Crippen molar-refractivity contribution in [3.05, 3.63) is 63.4 Å². The van der Waals surface area contributed by atoms with E-state index in [0.29, 0.717) is 5.56 Å². The van der Waals surface area contributed by atoms with Crippen molar-refractivity contribution in [3.8, 4) is 0 Å². The first-order chi connectivity index (χ1) is 13.4. The van der Waals surface area contributed by atoms with E-state index in [4.69, 9.17) is 4.74 Å². The molecule has 0 saturated carbocycles. The second-order valence-corrected chi connectivity index (χ2v) is 8.80. The van der Waals surface area contributed by atoms with Crippen LogP contribution in [-0.4, -0.2) is 11.7 Å². The van der Waals surface area contributed by atoms with Crippen molar-refractivity contribution in [3.63, 3.8) is 0 Å². The lowest BCUT2D eigenvalue weighted by molar-refractivity contribution is -0.137. The van der Waals surface area contributed by atoms with Crippen molar-refractivity contribution in [2.75, 3.05) is 4.90 Å². The van der Waals surface area contributed by atoms with E-state index < -0.39 is 35.3 Å². The van der Waals surface area contributed by atoms with Gasteiger partial charge in [0.2, 0.25) is 0 Å². The van der Waals surface area contributed by atoms with Crippen molar-refractivity contribution in [1.82, 2.24) is 0 Å². The van der Waals surface area contributed by atoms with Gasteiger partial charge in [0.15, 0.2) is 0 Å². The van der Waals surface area contributed by atoms with Gasteiger partial charge in [-0.25, -0.2) is 9.18 Å². The molecule has 2 aromatic carbocycles. The Morgan fingerprint density at radius 3 is 2.41 bits per heavy atom. The van der Waals surface area contributed by atoms with Crippen LogP contribution in [-0.2, 0) is 17.3 Å². The molecule has 0 radical (unpaired) electrons. The van der Waals surface area contributed by atoms with Crippen LogP contribution in [0.1, 0.15) is 49.9 Å². The number of amides is 1. The van der Waals surface area contributed by atoms with Crippen LogP contribution in [0, 0.1) is 5.82 Å². The Kier molecular flexibility index (Phi) is 5.69. The molecule has 0 spiro atoms. The average Bonchev–Trinajstić information content (AvgIpc) is 2.58. The van der Waals surface area contributed by atoms with Gasteiger partial charge in [-0.2, -0.15) is 13.2 Å². The van der Waals surface area contributed by atoms with E-state index >= 15 is 0 Å². The molecule has 1 aliphatic heterocycles. The second kappa shape index (κ2) is 7.63. The number of ether oxygens (including phenoxy) is 1. The number of rotatable bonds is 1. The van der Waals surface area contributed by atoms with Crippen LogP contribution in [0.25, 0.3) is 0 Å². The normalized spacial score (nSPS) is 17.1. The third-order valence-electron chi connectivity index (χ3n) is 4.55. The maximum atomic E-state index is 14.5. The molecule has 0 aromatic heterocycles. The Morgan fingerprint density at radius 1 is 1.17 bits per heavy atom. The van der Waals surface area contributed by atoms with Gasteiger partial charge >= 0.3 is 12.3 Å². The largest absolute Gasteiger partial charge is 0.443 e. The predicted molar refractivity (Wildman–Crippen MR) is 105 cm³/mol. The number of fused-ring (bicyclic) bond motifs is 1. The van der Waals surface area contributed by atoms with Crippen molar-refractivity contribution in [2.24, 2.45) is 0 Å². The maximum absolute atomic E-state index is 14.5. The highest BCUT2D eigenvalue weighted by Gasteiger charge is 2.43. The molecule has 3 nitrogen and oxygen atoms in total. The molecule has 3 rings (SSSR count). The summed E-state index contributed by atoms with van der Waals surface area (Å²) in [6, 6.07) is 7.36. The number of halogens is 5. The predicted octanol–water partition coefficient (Wildman–Crippen LogP) is 7.04. The maximum Gasteiger partial charge on any atom is 0.418 e. The highest BCUT2D eigenvalue weighted by atomic mass is 79.9. The van der Waals surface area contributed by atoms with Crippen LogP contribution in [0.5, 0.6) is 0 Å². The molecule has 8 heteroatoms. The molecule has 1 unspecified atom stereocenters. The first-order valence-electron chi connectivity index (χ1n) is 9.05. The molecular formula is C21H20BrF4NO2. The molecule has 0 N–H and O–H groups in total. The van der Waals surface area contributed by atoms with Crippen LogP contribution in [0.3, 0.4) is 0 Å². The van der Waals surface area contributed by atoms with Crippen LogP contribution in [0.4, 0.5) is 28.0 Å². The van der Waals surface area contributed by atoms with Gasteiger partial charge in [0.1, 0.15) is 11.4 Å². The van der Waals surface area contributed by atoms with E-state index in [2.05, 4.69) is 15.9 Å². The molecule has 1 atom stereocenters. The summed E-state index contributed by atoms with van der Waals surface area (Å²) in [5, 5.41) is 0. The van der Waals surface area contributed by atoms with Crippen LogP contribution >= 0.6 is 15.9 Å². The number of carbonyl (C=O) groups is 1. The van der Waals surface area contributed by atoms with Gasteiger partial charge in [-0.15, -0.1) is 0 Å². The molecule has 1 heterocycles. The van der Waals surface area contributed by atoms with Crippen molar-refractivity contribution in [1.29, 1.82) is 0 Å². The smallest absolute Gasteiger partial charge is 0.418 e. The quantitative estimate of drug-likeness (QED) is 0.415. The van der Waals surface area contributed by atoms with Crippen molar-refractivity contribution < 1.29 is 27.1 Å². The van der Waals surface area contributed by atoms with E-state index in [1.54, 1.807) is 32.9 Å². The zero-order valence-corrected chi connectivity index (χ0v) is 17.7. The average molecular weight is 474 g/mol. The van der Waals surface area contributed by atoms with Gasteiger partial charge in [0.25, 0.3) is 0 Å². The monoisotopic (exact) mass is 473 g/mol. The number of aryl methyl sites for hydroxylation is 1. The summed E-state index contributed by atoms with van der Waals surface area (Å²) in [6.45, 7) is 4.88. The van der Waals surface area contributed by atoms with E-state index in [-0.39, 0.29) is 28.6 Å². The van der Waals surface area contributed by atoms with E-state index in [1.165, 1.54) is 18.2 Å². The summed E-state index contributed by atoms with van der Waals surface area (Å²) in [5.74, 6) is -0.583. The number of hydrogen-bond donors (Lipinski definition) is 0. The Balaban J connectivity index is 2.24. The second-order valence-electron chi connectivity index (χ2n) is 7.89. The van der Waals surface area contributed by atoms with Gasteiger partial charge < -0.3 is 4.74 Å². The lowest BCUT2D eigenvalue weighted by atomic mass is 9.89. The number of hydrogen-bond acceptors (Lipinski definition) is 2. The zero-order valence-electron chi connectivity index (χ0n) is 16.1. The Bertz CT molecular complexity index is 937. The fraction of sp³-hybridized carbons (Fsp3) is 0.381. The van der Waals surface area contributed by atoms with Gasteiger partial charge in [-0.1, -0.05) is 34.1 Å². The fourth-order valence-electron chi connectivity index (χ4n) is 3.49. The van der Waals surface area contributed by atoms with E-state index in [0.717, 1.165) is 11.0 Å². The SMILES string of the molecule is CC(C)(C)OC(=O)N1c2c(cc(Br)cc2C(F)(F)F)CCC1c1ccccc1F. The minimum Gasteiger partial charge on any atom is -0.443 e. The van der Waals surface area contributed by atoms with E-state index in [1.807, 2.05) is 0 Å². The van der Waals surface area contributed by atoms with Crippen molar-refractivity contribution in [2.45, 2.75) is 51.4 Å². The lowest BCUT2D eigenvalue weighted by Gasteiger charge is -2.39. The molecule has 0 saturated heterocycles. The van der Waals surface area contributed by atoms with Crippen LogP contribution in [0.2, 0.25) is 0 Å². The molecule has 1 amide bonds. The van der Waals surface area contributed by atoms with Gasteiger partial charge in [0, 0.05) is 10.0 Å². The molecule has 0 aliphatic carbocycles. The Labute approximate surface area is 174 Å². The van der Waals surface area contributed by atoms with E-state index in [9.17, 15) is 22.4 Å². The summed E-state index contributed by atoms with van der Waals surface area (Å²) in [7, 11) is 0. The minimum absolute atomic E-state index is 0.153. The number of anilines is 1. The summed E-state index contributed by atoms with van der Waals surface area (Å²) < 4.78 is 61.8. The fourth-order valence-corrected chi connectivity index (χ4v) is 4.00. The molecule has 29 heavy (non-hydrogen) atoms. The molecule has 1 aliphatic rings. The first-order valence-corrected chi connectivity index (χ1v) is 9.84. The number of carbonyl (C=O) groups excluding carboxylic acids is 1. The first kappa shape index (κ1) is 21.6. The molecule has 0 fully saturated rings. The molecular weight excluding hydrogens is 454 g/mol. The summed E-state index contributed by atoms with van der Waals surface area (Å²) in [6.07, 6.45) is -5.12. The minimum atomic E-state index is -4.70. The van der Waals surface area contributed by atoms with Gasteiger partial charge in [-0.3, -0.25) is 4.90 Å². The standard InChI is InChI=1S/C21H20BrF4NO2/c1-20(2,3)29-19(28)27-17(14-6-4-5-7-16(14)23)9-8-12-10-13(22)11-15(18(12)27)21(24,25)26/h4-7,10-11,17H,8-9H2,1-3H3. The highest BCUT2D eigenvalue weighted by molar-refractivity contribution is 9.10. The van der Waals surface area contributed by atoms with Crippen molar-refractivity contribution >= 4 is 27.7 Å². The molecule has 0 bridgehead atoms. The summed E-state index contributed by atoms with van der Waals surface area (Å²) >= 11 is 3.12. The zero-order chi connectivity index (χ0) is 21.6. The highest BCUT2D eigenvalue weighted by Crippen LogP contribution is 2.48. The number of alkyl halides is 3. The topological polar surface area (TPSA) is 29.5 Å². The summed E-state index contributed by atoms with van der Waals surface area (Å²) in [5.41, 5.74) is -1.67. The van der Waals surface area contributed by atoms with Crippen LogP contribution < -0.4 is 4.90 Å². The third kappa shape index (κ3) is 4.57. The van der Waals surface area contributed by atoms with Crippen LogP contribution in [0.15, 0.2) is 40.9 Å². The van der Waals surface area contributed by atoms with Gasteiger partial charge in [-0.05, 0) is 57.4 Å².